The maximum Gasteiger partial charge on any atom is 0.430 e. The quantitative estimate of drug-likeness (QED) is 0.388. The van der Waals surface area contributed by atoms with Gasteiger partial charge in [-0.2, -0.15) is 13.2 Å². The Balaban J connectivity index is 1.12. The van der Waals surface area contributed by atoms with Crippen molar-refractivity contribution in [2.24, 2.45) is 11.8 Å². The number of ether oxygens (including phenoxy) is 2. The molecule has 0 spiro atoms. The number of likely N-dealkylation sites (tertiary alicyclic amines) is 1. The SMILES string of the molecule is CN(C)C(=O)c1ccc(O[C@H]2C[C@@H](CC3CCN(C(=O)[C@](O)(c4cccc(OC5CC5)c4)C(F)(F)F)CC3)C2)cc1Cl. The number of amides is 2. The molecular formula is C31H36ClF3N2O5. The normalized spacial score (nSPS) is 22.6. The van der Waals surface area contributed by atoms with Gasteiger partial charge in [-0.3, -0.25) is 9.59 Å². The smallest absolute Gasteiger partial charge is 0.430 e. The maximum absolute atomic E-state index is 14.2. The topological polar surface area (TPSA) is 79.3 Å². The number of carbonyl (C=O) groups excluding carboxylic acids is 2. The molecule has 1 aliphatic heterocycles. The van der Waals surface area contributed by atoms with Crippen molar-refractivity contribution in [1.29, 1.82) is 0 Å². The van der Waals surface area contributed by atoms with E-state index in [0.29, 0.717) is 35.1 Å². The highest BCUT2D eigenvalue weighted by atomic mass is 35.5. The number of halogens is 4. The van der Waals surface area contributed by atoms with Gasteiger partial charge in [0.15, 0.2) is 0 Å². The molecule has 2 amide bonds. The van der Waals surface area contributed by atoms with Crippen LogP contribution in [0.3, 0.4) is 0 Å². The van der Waals surface area contributed by atoms with E-state index in [2.05, 4.69) is 0 Å². The Morgan fingerprint density at radius 3 is 2.19 bits per heavy atom. The molecule has 11 heteroatoms. The molecule has 1 N–H and O–H groups in total. The number of benzene rings is 2. The number of piperidine rings is 1. The molecule has 5 rings (SSSR count). The highest BCUT2D eigenvalue weighted by Crippen LogP contribution is 2.43. The zero-order valence-corrected chi connectivity index (χ0v) is 24.5. The Hall–Kier alpha value is -2.98. The van der Waals surface area contributed by atoms with Gasteiger partial charge in [-0.1, -0.05) is 23.7 Å². The molecule has 1 atom stereocenters. The molecule has 228 valence electrons. The van der Waals surface area contributed by atoms with E-state index in [4.69, 9.17) is 21.1 Å². The fourth-order valence-electron chi connectivity index (χ4n) is 5.79. The van der Waals surface area contributed by atoms with Gasteiger partial charge in [0.05, 0.1) is 22.8 Å². The van der Waals surface area contributed by atoms with Crippen molar-refractivity contribution in [2.45, 2.75) is 68.9 Å². The van der Waals surface area contributed by atoms with Crippen LogP contribution in [0, 0.1) is 11.8 Å². The fourth-order valence-corrected chi connectivity index (χ4v) is 6.04. The van der Waals surface area contributed by atoms with Crippen LogP contribution in [0.15, 0.2) is 42.5 Å². The minimum absolute atomic E-state index is 0.0310. The molecule has 0 radical (unpaired) electrons. The van der Waals surface area contributed by atoms with E-state index in [1.807, 2.05) is 0 Å². The van der Waals surface area contributed by atoms with Gasteiger partial charge in [0.25, 0.3) is 17.4 Å². The first kappa shape index (κ1) is 30.5. The highest BCUT2D eigenvalue weighted by Gasteiger charge is 2.62. The highest BCUT2D eigenvalue weighted by molar-refractivity contribution is 6.34. The standard InChI is InChI=1S/C31H36ClF3N2O5/c1-36(2)28(38)26-9-8-24(18-27(26)32)42-25-15-20(16-25)14-19-10-12-37(13-11-19)29(39)30(40,31(33,34)35)21-4-3-5-23(17-21)41-22-6-7-22/h3-5,8-9,17-20,22,25,40H,6-7,10-16H2,1-2H3/t20-,25+,30-/m1/s1. The van der Waals surface area contributed by atoms with E-state index in [-0.39, 0.29) is 42.9 Å². The Kier molecular flexibility index (Phi) is 8.67. The van der Waals surface area contributed by atoms with Crippen LogP contribution in [0.5, 0.6) is 11.5 Å². The maximum atomic E-state index is 14.2. The van der Waals surface area contributed by atoms with Crippen LogP contribution >= 0.6 is 11.6 Å². The van der Waals surface area contributed by atoms with E-state index < -0.39 is 23.2 Å². The minimum atomic E-state index is -5.19. The van der Waals surface area contributed by atoms with Crippen LogP contribution < -0.4 is 9.47 Å². The summed E-state index contributed by atoms with van der Waals surface area (Å²) < 4.78 is 54.3. The summed E-state index contributed by atoms with van der Waals surface area (Å²) in [5.41, 5.74) is -3.75. The van der Waals surface area contributed by atoms with Crippen molar-refractivity contribution in [3.8, 4) is 11.5 Å². The van der Waals surface area contributed by atoms with Gasteiger partial charge < -0.3 is 24.4 Å². The van der Waals surface area contributed by atoms with Crippen molar-refractivity contribution in [2.75, 3.05) is 27.2 Å². The molecule has 42 heavy (non-hydrogen) atoms. The van der Waals surface area contributed by atoms with E-state index in [9.17, 15) is 27.9 Å². The Labute approximate surface area is 248 Å². The average molecular weight is 609 g/mol. The van der Waals surface area contributed by atoms with Crippen LogP contribution in [0.25, 0.3) is 0 Å². The summed E-state index contributed by atoms with van der Waals surface area (Å²) in [7, 11) is 3.32. The molecule has 0 unspecified atom stereocenters. The largest absolute Gasteiger partial charge is 0.490 e. The summed E-state index contributed by atoms with van der Waals surface area (Å²) in [4.78, 5) is 28.0. The average Bonchev–Trinajstić information content (AvgIpc) is 3.74. The molecule has 2 aromatic carbocycles. The number of nitrogens with zero attached hydrogens (tertiary/aromatic N) is 2. The number of hydrogen-bond acceptors (Lipinski definition) is 5. The molecule has 3 fully saturated rings. The van der Waals surface area contributed by atoms with Crippen LogP contribution in [0.4, 0.5) is 13.2 Å². The molecule has 2 aliphatic carbocycles. The molecule has 0 aromatic heterocycles. The van der Waals surface area contributed by atoms with Crippen molar-refractivity contribution in [3.63, 3.8) is 0 Å². The summed E-state index contributed by atoms with van der Waals surface area (Å²) in [6, 6.07) is 10.2. The van der Waals surface area contributed by atoms with E-state index in [1.54, 1.807) is 32.3 Å². The summed E-state index contributed by atoms with van der Waals surface area (Å²) in [6.07, 6.45) is 0.229. The zero-order chi connectivity index (χ0) is 30.2. The van der Waals surface area contributed by atoms with Crippen molar-refractivity contribution >= 4 is 23.4 Å². The van der Waals surface area contributed by atoms with Gasteiger partial charge in [-0.25, -0.2) is 0 Å². The molecule has 1 heterocycles. The summed E-state index contributed by atoms with van der Waals surface area (Å²) >= 11 is 6.28. The Bertz CT molecular complexity index is 1300. The van der Waals surface area contributed by atoms with Crippen LogP contribution in [0.2, 0.25) is 5.02 Å². The zero-order valence-electron chi connectivity index (χ0n) is 23.7. The Morgan fingerprint density at radius 1 is 0.952 bits per heavy atom. The van der Waals surface area contributed by atoms with Gasteiger partial charge in [0.2, 0.25) is 0 Å². The molecular weight excluding hydrogens is 573 g/mol. The summed E-state index contributed by atoms with van der Waals surface area (Å²) in [5, 5.41) is 11.2. The third-order valence-electron chi connectivity index (χ3n) is 8.44. The number of rotatable bonds is 9. The number of aliphatic hydroxyl groups is 1. The predicted octanol–water partition coefficient (Wildman–Crippen LogP) is 5.82. The summed E-state index contributed by atoms with van der Waals surface area (Å²) in [5.74, 6) is -0.00243. The Morgan fingerprint density at radius 2 is 1.60 bits per heavy atom. The lowest BCUT2D eigenvalue weighted by molar-refractivity contribution is -0.262. The fraction of sp³-hybridized carbons (Fsp3) is 0.548. The minimum Gasteiger partial charge on any atom is -0.490 e. The molecule has 7 nitrogen and oxygen atoms in total. The van der Waals surface area contributed by atoms with Crippen molar-refractivity contribution < 1.29 is 37.3 Å². The number of alkyl halides is 3. The summed E-state index contributed by atoms with van der Waals surface area (Å²) in [6.45, 7) is 0.312. The molecule has 2 saturated carbocycles. The van der Waals surface area contributed by atoms with Crippen LogP contribution in [-0.4, -0.2) is 72.3 Å². The van der Waals surface area contributed by atoms with Gasteiger partial charge in [-0.15, -0.1) is 0 Å². The first-order valence-electron chi connectivity index (χ1n) is 14.4. The lowest BCUT2D eigenvalue weighted by Crippen LogP contribution is -2.57. The van der Waals surface area contributed by atoms with Gasteiger partial charge >= 0.3 is 6.18 Å². The van der Waals surface area contributed by atoms with Gasteiger partial charge in [0, 0.05) is 32.7 Å². The lowest BCUT2D eigenvalue weighted by atomic mass is 9.74. The second kappa shape index (κ2) is 12.0. The second-order valence-corrected chi connectivity index (χ2v) is 12.4. The number of carbonyl (C=O) groups is 2. The van der Waals surface area contributed by atoms with E-state index >= 15 is 0 Å². The molecule has 3 aliphatic rings. The predicted molar refractivity (Wildman–Crippen MR) is 151 cm³/mol. The van der Waals surface area contributed by atoms with Gasteiger partial charge in [-0.05, 0) is 87.1 Å². The van der Waals surface area contributed by atoms with E-state index in [0.717, 1.165) is 49.1 Å². The number of hydrogen-bond donors (Lipinski definition) is 1. The molecule has 2 aromatic rings. The third-order valence-corrected chi connectivity index (χ3v) is 8.75. The van der Waals surface area contributed by atoms with E-state index in [1.165, 1.54) is 17.0 Å². The van der Waals surface area contributed by atoms with Crippen LogP contribution in [0.1, 0.15) is 60.9 Å². The molecule has 0 bridgehead atoms. The lowest BCUT2D eigenvalue weighted by Gasteiger charge is -2.41. The first-order valence-corrected chi connectivity index (χ1v) is 14.8. The monoisotopic (exact) mass is 608 g/mol. The first-order chi connectivity index (χ1) is 19.8. The second-order valence-electron chi connectivity index (χ2n) is 11.9. The van der Waals surface area contributed by atoms with Crippen LogP contribution in [-0.2, 0) is 10.4 Å². The third kappa shape index (κ3) is 6.49. The van der Waals surface area contributed by atoms with Gasteiger partial charge in [0.1, 0.15) is 11.5 Å². The van der Waals surface area contributed by atoms with Crippen molar-refractivity contribution in [3.05, 3.63) is 58.6 Å². The van der Waals surface area contributed by atoms with Crippen molar-refractivity contribution in [1.82, 2.24) is 9.80 Å². The molecule has 1 saturated heterocycles.